The fraction of sp³-hybridized carbons (Fsp3) is 0.562. The van der Waals surface area contributed by atoms with Gasteiger partial charge in [0.25, 0.3) is 0 Å². The van der Waals surface area contributed by atoms with Crippen molar-refractivity contribution >= 4 is 5.91 Å². The number of nitrogens with two attached hydrogens (primary N) is 1. The summed E-state index contributed by atoms with van der Waals surface area (Å²) >= 11 is 0. The molecule has 4 nitrogen and oxygen atoms in total. The average molecular weight is 275 g/mol. The smallest absolute Gasteiger partial charge is 0.221 e. The van der Waals surface area contributed by atoms with E-state index < -0.39 is 0 Å². The molecule has 1 aromatic carbocycles. The normalized spacial score (nSPS) is 20.8. The van der Waals surface area contributed by atoms with Crippen LogP contribution in [0.2, 0.25) is 0 Å². The van der Waals surface area contributed by atoms with Crippen LogP contribution in [0.25, 0.3) is 0 Å². The van der Waals surface area contributed by atoms with Gasteiger partial charge in [-0.1, -0.05) is 30.3 Å². The number of carbonyl (C=O) groups excluding carboxylic acids is 1. The second-order valence-electron chi connectivity index (χ2n) is 5.66. The van der Waals surface area contributed by atoms with Crippen molar-refractivity contribution in [1.82, 2.24) is 10.2 Å². The largest absolute Gasteiger partial charge is 0.353 e. The molecule has 1 amide bonds. The summed E-state index contributed by atoms with van der Waals surface area (Å²) in [5.74, 6) is 0.613. The number of likely N-dealkylation sites (tertiary alicyclic amines) is 1. The Hall–Kier alpha value is -1.39. The van der Waals surface area contributed by atoms with Gasteiger partial charge in [0.2, 0.25) is 5.91 Å². The molecular formula is C16H25N3O. The van der Waals surface area contributed by atoms with Crippen LogP contribution in [-0.4, -0.2) is 36.5 Å². The number of rotatable bonds is 6. The van der Waals surface area contributed by atoms with Crippen LogP contribution in [0, 0.1) is 5.92 Å². The fourth-order valence-corrected chi connectivity index (χ4v) is 2.83. The Kier molecular flexibility index (Phi) is 5.56. The minimum atomic E-state index is 0.0708. The molecule has 110 valence electrons. The molecule has 20 heavy (non-hydrogen) atoms. The summed E-state index contributed by atoms with van der Waals surface area (Å²) in [5.41, 5.74) is 6.75. The summed E-state index contributed by atoms with van der Waals surface area (Å²) in [6.07, 6.45) is 1.57. The van der Waals surface area contributed by atoms with Crippen LogP contribution in [0.1, 0.15) is 25.3 Å². The molecule has 0 spiro atoms. The quantitative estimate of drug-likeness (QED) is 0.824. The van der Waals surface area contributed by atoms with Crippen molar-refractivity contribution in [2.75, 3.05) is 19.6 Å². The molecule has 0 aliphatic carbocycles. The lowest BCUT2D eigenvalue weighted by molar-refractivity contribution is -0.121. The lowest BCUT2D eigenvalue weighted by atomic mass is 10.0. The molecule has 1 saturated heterocycles. The highest BCUT2D eigenvalue weighted by molar-refractivity contribution is 5.76. The number of hydrogen-bond acceptors (Lipinski definition) is 3. The van der Waals surface area contributed by atoms with Gasteiger partial charge in [-0.05, 0) is 31.4 Å². The second-order valence-corrected chi connectivity index (χ2v) is 5.66. The number of nitrogens with zero attached hydrogens (tertiary/aromatic N) is 1. The summed E-state index contributed by atoms with van der Waals surface area (Å²) in [6.45, 7) is 5.69. The van der Waals surface area contributed by atoms with Crippen LogP contribution < -0.4 is 11.1 Å². The molecule has 0 radical (unpaired) electrons. The zero-order valence-corrected chi connectivity index (χ0v) is 12.2. The van der Waals surface area contributed by atoms with Gasteiger partial charge in [-0.2, -0.15) is 0 Å². The molecule has 1 aliphatic rings. The Labute approximate surface area is 121 Å². The van der Waals surface area contributed by atoms with Crippen LogP contribution >= 0.6 is 0 Å². The molecule has 0 bridgehead atoms. The maximum Gasteiger partial charge on any atom is 0.221 e. The molecule has 1 aliphatic heterocycles. The summed E-state index contributed by atoms with van der Waals surface area (Å²) in [5, 5.41) is 3.06. The third-order valence-corrected chi connectivity index (χ3v) is 4.02. The Morgan fingerprint density at radius 3 is 2.90 bits per heavy atom. The predicted octanol–water partition coefficient (Wildman–Crippen LogP) is 1.36. The van der Waals surface area contributed by atoms with Gasteiger partial charge < -0.3 is 11.1 Å². The van der Waals surface area contributed by atoms with Crippen molar-refractivity contribution in [2.45, 2.75) is 32.4 Å². The number of hydrogen-bond donors (Lipinski definition) is 2. The number of carbonyl (C=O) groups is 1. The van der Waals surface area contributed by atoms with E-state index in [2.05, 4.69) is 41.4 Å². The van der Waals surface area contributed by atoms with Gasteiger partial charge in [0, 0.05) is 32.1 Å². The zero-order valence-electron chi connectivity index (χ0n) is 12.2. The van der Waals surface area contributed by atoms with Crippen LogP contribution in [0.3, 0.4) is 0 Å². The summed E-state index contributed by atoms with van der Waals surface area (Å²) in [4.78, 5) is 14.0. The van der Waals surface area contributed by atoms with E-state index >= 15 is 0 Å². The average Bonchev–Trinajstić information content (AvgIpc) is 2.89. The van der Waals surface area contributed by atoms with Crippen LogP contribution in [-0.2, 0) is 11.3 Å². The maximum atomic E-state index is 11.6. The van der Waals surface area contributed by atoms with Crippen LogP contribution in [0.15, 0.2) is 30.3 Å². The van der Waals surface area contributed by atoms with E-state index in [0.717, 1.165) is 26.1 Å². The third-order valence-electron chi connectivity index (χ3n) is 4.02. The first-order valence-electron chi connectivity index (χ1n) is 7.44. The van der Waals surface area contributed by atoms with Gasteiger partial charge >= 0.3 is 0 Å². The van der Waals surface area contributed by atoms with E-state index in [1.165, 1.54) is 5.56 Å². The maximum absolute atomic E-state index is 11.6. The monoisotopic (exact) mass is 275 g/mol. The Balaban J connectivity index is 1.78. The summed E-state index contributed by atoms with van der Waals surface area (Å²) < 4.78 is 0. The first-order valence-corrected chi connectivity index (χ1v) is 7.44. The van der Waals surface area contributed by atoms with Gasteiger partial charge in [-0.25, -0.2) is 0 Å². The third kappa shape index (κ3) is 4.32. The second kappa shape index (κ2) is 7.41. The van der Waals surface area contributed by atoms with Gasteiger partial charge in [0.15, 0.2) is 0 Å². The molecule has 0 aromatic heterocycles. The predicted molar refractivity (Wildman–Crippen MR) is 81.1 cm³/mol. The molecule has 3 N–H and O–H groups in total. The molecule has 0 saturated carbocycles. The molecule has 2 unspecified atom stereocenters. The number of amides is 1. The zero-order chi connectivity index (χ0) is 14.4. The topological polar surface area (TPSA) is 58.4 Å². The van der Waals surface area contributed by atoms with E-state index in [0.29, 0.717) is 18.9 Å². The van der Waals surface area contributed by atoms with E-state index in [-0.39, 0.29) is 11.9 Å². The van der Waals surface area contributed by atoms with Crippen molar-refractivity contribution in [3.63, 3.8) is 0 Å². The lowest BCUT2D eigenvalue weighted by Gasteiger charge is -2.21. The molecular weight excluding hydrogens is 250 g/mol. The highest BCUT2D eigenvalue weighted by atomic mass is 16.1. The van der Waals surface area contributed by atoms with Crippen molar-refractivity contribution in [2.24, 2.45) is 11.7 Å². The van der Waals surface area contributed by atoms with Crippen LogP contribution in [0.5, 0.6) is 0 Å². The number of nitrogens with one attached hydrogen (secondary N) is 1. The minimum Gasteiger partial charge on any atom is -0.353 e. The van der Waals surface area contributed by atoms with Gasteiger partial charge in [0.1, 0.15) is 0 Å². The van der Waals surface area contributed by atoms with Crippen molar-refractivity contribution < 1.29 is 4.79 Å². The molecule has 1 heterocycles. The SMILES string of the molecule is CC(NC(=O)CCN)C1CCN(Cc2ccccc2)C1. The molecule has 2 atom stereocenters. The van der Waals surface area contributed by atoms with Gasteiger partial charge in [-0.3, -0.25) is 9.69 Å². The van der Waals surface area contributed by atoms with Crippen LogP contribution in [0.4, 0.5) is 0 Å². The fourth-order valence-electron chi connectivity index (χ4n) is 2.83. The van der Waals surface area contributed by atoms with E-state index in [9.17, 15) is 4.79 Å². The van der Waals surface area contributed by atoms with Crippen molar-refractivity contribution in [3.05, 3.63) is 35.9 Å². The van der Waals surface area contributed by atoms with E-state index in [1.807, 2.05) is 6.07 Å². The summed E-state index contributed by atoms with van der Waals surface area (Å²) in [6, 6.07) is 10.8. The summed E-state index contributed by atoms with van der Waals surface area (Å²) in [7, 11) is 0. The number of benzene rings is 1. The molecule has 2 rings (SSSR count). The highest BCUT2D eigenvalue weighted by Crippen LogP contribution is 2.21. The Morgan fingerprint density at radius 1 is 1.45 bits per heavy atom. The first kappa shape index (κ1) is 15.0. The first-order chi connectivity index (χ1) is 9.69. The lowest BCUT2D eigenvalue weighted by Crippen LogP contribution is -2.39. The Morgan fingerprint density at radius 2 is 2.20 bits per heavy atom. The Bertz CT molecular complexity index is 421. The van der Waals surface area contributed by atoms with Crippen molar-refractivity contribution in [3.8, 4) is 0 Å². The van der Waals surface area contributed by atoms with E-state index in [4.69, 9.17) is 5.73 Å². The van der Waals surface area contributed by atoms with Crippen molar-refractivity contribution in [1.29, 1.82) is 0 Å². The standard InChI is InChI=1S/C16H25N3O/c1-13(18-16(20)7-9-17)15-8-10-19(12-15)11-14-5-3-2-4-6-14/h2-6,13,15H,7-12,17H2,1H3,(H,18,20). The molecule has 1 fully saturated rings. The highest BCUT2D eigenvalue weighted by Gasteiger charge is 2.27. The minimum absolute atomic E-state index is 0.0708. The molecule has 1 aromatic rings. The van der Waals surface area contributed by atoms with Gasteiger partial charge in [-0.15, -0.1) is 0 Å². The molecule has 4 heteroatoms. The van der Waals surface area contributed by atoms with E-state index in [1.54, 1.807) is 0 Å². The van der Waals surface area contributed by atoms with Gasteiger partial charge in [0.05, 0.1) is 0 Å².